The Balaban J connectivity index is 1.44. The van der Waals surface area contributed by atoms with Gasteiger partial charge < -0.3 is 19.1 Å². The highest BCUT2D eigenvalue weighted by molar-refractivity contribution is 5.82. The number of benzene rings is 1. The second-order valence-corrected chi connectivity index (χ2v) is 7.24. The van der Waals surface area contributed by atoms with Gasteiger partial charge in [-0.15, -0.1) is 0 Å². The molecule has 1 aromatic rings. The van der Waals surface area contributed by atoms with Crippen molar-refractivity contribution < 1.29 is 19.0 Å². The Morgan fingerprint density at radius 3 is 2.74 bits per heavy atom. The van der Waals surface area contributed by atoms with Gasteiger partial charge in [0.2, 0.25) is 5.91 Å². The Morgan fingerprint density at radius 2 is 2.00 bits per heavy atom. The van der Waals surface area contributed by atoms with E-state index in [1.165, 1.54) is 0 Å². The third-order valence-corrected chi connectivity index (χ3v) is 5.41. The number of carbonyl (C=O) groups excluding carboxylic acids is 1. The average molecular weight is 377 g/mol. The van der Waals surface area contributed by atoms with Gasteiger partial charge in [-0.3, -0.25) is 4.79 Å². The number of hydrogen-bond donors (Lipinski definition) is 2. The fourth-order valence-electron chi connectivity index (χ4n) is 3.73. The van der Waals surface area contributed by atoms with Gasteiger partial charge in [0, 0.05) is 32.8 Å². The Hall–Kier alpha value is -1.67. The van der Waals surface area contributed by atoms with Crippen molar-refractivity contribution in [3.8, 4) is 5.75 Å². The van der Waals surface area contributed by atoms with Crippen molar-refractivity contribution in [2.24, 2.45) is 5.92 Å². The highest BCUT2D eigenvalue weighted by Crippen LogP contribution is 2.27. The number of hydrazine groups is 1. The molecule has 2 aliphatic heterocycles. The number of carbonyl (C=O) groups is 1. The number of nitrogens with zero attached hydrogens (tertiary/aromatic N) is 1. The quantitative estimate of drug-likeness (QED) is 0.669. The van der Waals surface area contributed by atoms with Crippen LogP contribution in [-0.2, 0) is 14.3 Å². The molecule has 0 saturated carbocycles. The largest absolute Gasteiger partial charge is 0.497 e. The van der Waals surface area contributed by atoms with E-state index in [-0.39, 0.29) is 18.0 Å². The molecule has 1 amide bonds. The van der Waals surface area contributed by atoms with Crippen molar-refractivity contribution in [1.29, 1.82) is 0 Å². The number of rotatable bonds is 8. The number of ether oxygens (including phenoxy) is 3. The lowest BCUT2D eigenvalue weighted by Crippen LogP contribution is -2.48. The maximum Gasteiger partial charge on any atom is 0.241 e. The van der Waals surface area contributed by atoms with E-state index < -0.39 is 0 Å². The van der Waals surface area contributed by atoms with Gasteiger partial charge >= 0.3 is 0 Å². The number of likely N-dealkylation sites (tertiary alicyclic amines) is 1. The highest BCUT2D eigenvalue weighted by atomic mass is 16.5. The summed E-state index contributed by atoms with van der Waals surface area (Å²) in [4.78, 5) is 14.8. The monoisotopic (exact) mass is 377 g/mol. The van der Waals surface area contributed by atoms with Crippen molar-refractivity contribution >= 4 is 5.91 Å². The van der Waals surface area contributed by atoms with Crippen LogP contribution in [0.15, 0.2) is 24.3 Å². The summed E-state index contributed by atoms with van der Waals surface area (Å²) < 4.78 is 15.9. The third-order valence-electron chi connectivity index (χ3n) is 5.41. The molecule has 0 aliphatic carbocycles. The SMILES string of the molecule is COCCOCC1CCN(C(=O)C2CC(c3cccc(OC)c3)NN2)CC1. The van der Waals surface area contributed by atoms with Gasteiger partial charge in [0.1, 0.15) is 11.8 Å². The third kappa shape index (κ3) is 5.42. The van der Waals surface area contributed by atoms with Gasteiger partial charge in [-0.25, -0.2) is 10.9 Å². The summed E-state index contributed by atoms with van der Waals surface area (Å²) in [7, 11) is 3.34. The van der Waals surface area contributed by atoms with Gasteiger partial charge in [0.25, 0.3) is 0 Å². The second kappa shape index (κ2) is 10.0. The van der Waals surface area contributed by atoms with Crippen LogP contribution in [0.25, 0.3) is 0 Å². The zero-order valence-electron chi connectivity index (χ0n) is 16.3. The molecule has 2 N–H and O–H groups in total. The molecule has 0 radical (unpaired) electrons. The van der Waals surface area contributed by atoms with E-state index in [1.807, 2.05) is 23.1 Å². The number of piperidine rings is 1. The van der Waals surface area contributed by atoms with Crippen LogP contribution in [0.3, 0.4) is 0 Å². The average Bonchev–Trinajstić information content (AvgIpc) is 3.21. The van der Waals surface area contributed by atoms with E-state index in [9.17, 15) is 4.79 Å². The van der Waals surface area contributed by atoms with E-state index in [0.29, 0.717) is 19.1 Å². The molecule has 0 aromatic heterocycles. The van der Waals surface area contributed by atoms with Gasteiger partial charge in [-0.05, 0) is 42.9 Å². The minimum Gasteiger partial charge on any atom is -0.497 e. The molecule has 27 heavy (non-hydrogen) atoms. The van der Waals surface area contributed by atoms with Crippen LogP contribution in [0, 0.1) is 5.92 Å². The fourth-order valence-corrected chi connectivity index (χ4v) is 3.73. The van der Waals surface area contributed by atoms with Gasteiger partial charge in [0.05, 0.1) is 20.3 Å². The molecule has 2 saturated heterocycles. The van der Waals surface area contributed by atoms with Crippen LogP contribution in [0.4, 0.5) is 0 Å². The first kappa shape index (κ1) is 20.1. The zero-order valence-corrected chi connectivity index (χ0v) is 16.3. The maximum absolute atomic E-state index is 12.9. The lowest BCUT2D eigenvalue weighted by atomic mass is 9.96. The van der Waals surface area contributed by atoms with Crippen LogP contribution in [0.5, 0.6) is 5.75 Å². The van der Waals surface area contributed by atoms with Crippen LogP contribution in [-0.4, -0.2) is 64.0 Å². The molecule has 7 nitrogen and oxygen atoms in total. The topological polar surface area (TPSA) is 72.1 Å². The maximum atomic E-state index is 12.9. The van der Waals surface area contributed by atoms with Crippen molar-refractivity contribution in [3.05, 3.63) is 29.8 Å². The molecular weight excluding hydrogens is 346 g/mol. The van der Waals surface area contributed by atoms with E-state index in [4.69, 9.17) is 14.2 Å². The molecule has 2 fully saturated rings. The first-order valence-corrected chi connectivity index (χ1v) is 9.71. The Morgan fingerprint density at radius 1 is 1.19 bits per heavy atom. The van der Waals surface area contributed by atoms with Crippen molar-refractivity contribution in [2.45, 2.75) is 31.3 Å². The Bertz CT molecular complexity index is 605. The summed E-state index contributed by atoms with van der Waals surface area (Å²) in [6, 6.07) is 7.91. The van der Waals surface area contributed by atoms with Crippen LogP contribution >= 0.6 is 0 Å². The Labute approximate surface area is 161 Å². The minimum absolute atomic E-state index is 0.112. The minimum atomic E-state index is -0.185. The predicted molar refractivity (Wildman–Crippen MR) is 102 cm³/mol. The summed E-state index contributed by atoms with van der Waals surface area (Å²) in [6.45, 7) is 3.63. The number of nitrogens with one attached hydrogen (secondary N) is 2. The number of methoxy groups -OCH3 is 2. The summed E-state index contributed by atoms with van der Waals surface area (Å²) >= 11 is 0. The number of amides is 1. The smallest absolute Gasteiger partial charge is 0.241 e. The standard InChI is InChI=1S/C20H31N3O4/c1-25-10-11-27-14-15-6-8-23(9-7-15)20(24)19-13-18(21-22-19)16-4-3-5-17(12-16)26-2/h3-5,12,15,18-19,21-22H,6-11,13-14H2,1-2H3. The van der Waals surface area contributed by atoms with E-state index in [2.05, 4.69) is 16.9 Å². The van der Waals surface area contributed by atoms with Crippen LogP contribution in [0.2, 0.25) is 0 Å². The molecule has 1 aromatic carbocycles. The van der Waals surface area contributed by atoms with Crippen LogP contribution < -0.4 is 15.6 Å². The number of hydrogen-bond acceptors (Lipinski definition) is 6. The fraction of sp³-hybridized carbons (Fsp3) is 0.650. The molecule has 7 heteroatoms. The van der Waals surface area contributed by atoms with Gasteiger partial charge in [-0.1, -0.05) is 12.1 Å². The van der Waals surface area contributed by atoms with Gasteiger partial charge in [0.15, 0.2) is 0 Å². The molecule has 2 unspecified atom stereocenters. The summed E-state index contributed by atoms with van der Waals surface area (Å²) in [5.41, 5.74) is 7.57. The summed E-state index contributed by atoms with van der Waals surface area (Å²) in [6.07, 6.45) is 2.74. The van der Waals surface area contributed by atoms with Crippen LogP contribution in [0.1, 0.15) is 30.9 Å². The normalized spacial score (nSPS) is 23.6. The lowest BCUT2D eigenvalue weighted by molar-refractivity contribution is -0.134. The second-order valence-electron chi connectivity index (χ2n) is 7.24. The molecule has 0 spiro atoms. The molecule has 2 atom stereocenters. The van der Waals surface area contributed by atoms with E-state index in [0.717, 1.165) is 50.3 Å². The van der Waals surface area contributed by atoms with E-state index in [1.54, 1.807) is 14.2 Å². The summed E-state index contributed by atoms with van der Waals surface area (Å²) in [5, 5.41) is 0. The molecule has 0 bridgehead atoms. The molecule has 150 valence electrons. The van der Waals surface area contributed by atoms with Crippen molar-refractivity contribution in [2.75, 3.05) is 47.1 Å². The van der Waals surface area contributed by atoms with Crippen molar-refractivity contribution in [3.63, 3.8) is 0 Å². The van der Waals surface area contributed by atoms with Gasteiger partial charge in [-0.2, -0.15) is 0 Å². The first-order valence-electron chi connectivity index (χ1n) is 9.71. The predicted octanol–water partition coefficient (Wildman–Crippen LogP) is 1.50. The first-order chi connectivity index (χ1) is 13.2. The summed E-state index contributed by atoms with van der Waals surface area (Å²) in [5.74, 6) is 1.55. The molecule has 3 rings (SSSR count). The van der Waals surface area contributed by atoms with Crippen molar-refractivity contribution in [1.82, 2.24) is 15.8 Å². The molecule has 2 heterocycles. The Kier molecular flexibility index (Phi) is 7.46. The molecular formula is C20H31N3O4. The zero-order chi connectivity index (χ0) is 19.1. The highest BCUT2D eigenvalue weighted by Gasteiger charge is 2.34. The van der Waals surface area contributed by atoms with E-state index >= 15 is 0 Å². The molecule has 2 aliphatic rings. The lowest BCUT2D eigenvalue weighted by Gasteiger charge is -2.33.